The van der Waals surface area contributed by atoms with Crippen molar-refractivity contribution in [3.8, 4) is 0 Å². The summed E-state index contributed by atoms with van der Waals surface area (Å²) in [4.78, 5) is 24.9. The van der Waals surface area contributed by atoms with Gasteiger partial charge in [-0.15, -0.1) is 0 Å². The highest BCUT2D eigenvalue weighted by atomic mass is 35.5. The number of amides is 1. The SMILES string of the molecule is Cc1nn(Cc2ccccc2Cl)c(Cl)c1C(=O)OCC(=O)NCC1(c2ccccc2)CC1. The van der Waals surface area contributed by atoms with Gasteiger partial charge in [0, 0.05) is 17.0 Å². The molecule has 32 heavy (non-hydrogen) atoms. The molecule has 1 aliphatic rings. The Morgan fingerprint density at radius 2 is 1.78 bits per heavy atom. The van der Waals surface area contributed by atoms with Crippen LogP contribution < -0.4 is 5.32 Å². The maximum atomic E-state index is 12.6. The van der Waals surface area contributed by atoms with Gasteiger partial charge >= 0.3 is 5.97 Å². The fraction of sp³-hybridized carbons (Fsp3) is 0.292. The van der Waals surface area contributed by atoms with Crippen molar-refractivity contribution < 1.29 is 14.3 Å². The van der Waals surface area contributed by atoms with Crippen LogP contribution in [0.2, 0.25) is 10.2 Å². The standard InChI is InChI=1S/C24H23Cl2N3O3/c1-16-21(22(26)29(28-16)13-17-7-5-6-10-19(17)25)23(31)32-14-20(30)27-15-24(11-12-24)18-8-3-2-4-9-18/h2-10H,11-15H2,1H3,(H,27,30). The highest BCUT2D eigenvalue weighted by Gasteiger charge is 2.44. The van der Waals surface area contributed by atoms with Gasteiger partial charge < -0.3 is 10.1 Å². The maximum absolute atomic E-state index is 12.6. The molecule has 166 valence electrons. The van der Waals surface area contributed by atoms with Gasteiger partial charge in [0.2, 0.25) is 0 Å². The quantitative estimate of drug-likeness (QED) is 0.489. The molecule has 0 radical (unpaired) electrons. The Labute approximate surface area is 196 Å². The minimum absolute atomic E-state index is 0.0132. The Balaban J connectivity index is 1.34. The third kappa shape index (κ3) is 4.81. The van der Waals surface area contributed by atoms with E-state index < -0.39 is 5.97 Å². The average molecular weight is 472 g/mol. The fourth-order valence-electron chi connectivity index (χ4n) is 3.71. The molecule has 0 atom stereocenters. The zero-order valence-corrected chi connectivity index (χ0v) is 19.1. The molecule has 0 aliphatic heterocycles. The molecule has 8 heteroatoms. The van der Waals surface area contributed by atoms with Gasteiger partial charge in [0.1, 0.15) is 10.7 Å². The lowest BCUT2D eigenvalue weighted by molar-refractivity contribution is -0.124. The van der Waals surface area contributed by atoms with Crippen molar-refractivity contribution in [3.63, 3.8) is 0 Å². The molecule has 1 saturated carbocycles. The monoisotopic (exact) mass is 471 g/mol. The van der Waals surface area contributed by atoms with Gasteiger partial charge in [0.15, 0.2) is 6.61 Å². The smallest absolute Gasteiger partial charge is 0.343 e. The first-order valence-corrected chi connectivity index (χ1v) is 11.1. The van der Waals surface area contributed by atoms with E-state index in [-0.39, 0.29) is 28.6 Å². The van der Waals surface area contributed by atoms with E-state index >= 15 is 0 Å². The fourth-order valence-corrected chi connectivity index (χ4v) is 4.22. The van der Waals surface area contributed by atoms with E-state index in [1.165, 1.54) is 10.2 Å². The van der Waals surface area contributed by atoms with Crippen LogP contribution in [-0.2, 0) is 21.5 Å². The van der Waals surface area contributed by atoms with Crippen molar-refractivity contribution in [2.45, 2.75) is 31.7 Å². The van der Waals surface area contributed by atoms with Crippen LogP contribution in [0.1, 0.15) is 40.0 Å². The predicted molar refractivity (Wildman–Crippen MR) is 123 cm³/mol. The molecular formula is C24H23Cl2N3O3. The molecule has 1 aromatic heterocycles. The van der Waals surface area contributed by atoms with Crippen LogP contribution in [0, 0.1) is 6.92 Å². The number of hydrogen-bond acceptors (Lipinski definition) is 4. The minimum atomic E-state index is -0.683. The molecular weight excluding hydrogens is 449 g/mol. The number of halogens is 2. The highest BCUT2D eigenvalue weighted by molar-refractivity contribution is 6.33. The second-order valence-electron chi connectivity index (χ2n) is 8.00. The van der Waals surface area contributed by atoms with Gasteiger partial charge in [-0.25, -0.2) is 9.48 Å². The normalized spacial score (nSPS) is 14.1. The molecule has 6 nitrogen and oxygen atoms in total. The van der Waals surface area contributed by atoms with Crippen LogP contribution in [0.15, 0.2) is 54.6 Å². The van der Waals surface area contributed by atoms with E-state index in [1.54, 1.807) is 13.0 Å². The molecule has 1 heterocycles. The van der Waals surface area contributed by atoms with Gasteiger partial charge in [-0.05, 0) is 37.0 Å². The number of aromatic nitrogens is 2. The lowest BCUT2D eigenvalue weighted by Gasteiger charge is -2.16. The van der Waals surface area contributed by atoms with E-state index in [0.717, 1.165) is 18.4 Å². The van der Waals surface area contributed by atoms with Gasteiger partial charge in [-0.3, -0.25) is 4.79 Å². The molecule has 4 rings (SSSR count). The summed E-state index contributed by atoms with van der Waals surface area (Å²) in [6, 6.07) is 17.5. The van der Waals surface area contributed by atoms with Crippen LogP contribution >= 0.6 is 23.2 Å². The predicted octanol–water partition coefficient (Wildman–Crippen LogP) is 4.55. The molecule has 0 spiro atoms. The zero-order chi connectivity index (χ0) is 22.7. The average Bonchev–Trinajstić information content (AvgIpc) is 3.53. The molecule has 2 aromatic carbocycles. The second kappa shape index (κ2) is 9.35. The number of aryl methyl sites for hydroxylation is 1. The number of benzene rings is 2. The van der Waals surface area contributed by atoms with E-state index in [1.807, 2.05) is 36.4 Å². The van der Waals surface area contributed by atoms with E-state index in [2.05, 4.69) is 22.5 Å². The number of carbonyl (C=O) groups excluding carboxylic acids is 2. The van der Waals surface area contributed by atoms with Gasteiger partial charge in [-0.2, -0.15) is 5.10 Å². The molecule has 0 saturated heterocycles. The Morgan fingerprint density at radius 3 is 2.47 bits per heavy atom. The first-order chi connectivity index (χ1) is 15.4. The Kier molecular flexibility index (Phi) is 6.53. The van der Waals surface area contributed by atoms with Gasteiger partial charge in [0.05, 0.1) is 12.2 Å². The molecule has 3 aromatic rings. The largest absolute Gasteiger partial charge is 0.452 e. The van der Waals surface area contributed by atoms with E-state index in [0.29, 0.717) is 23.8 Å². The summed E-state index contributed by atoms with van der Waals surface area (Å²) in [6.45, 7) is 2.12. The summed E-state index contributed by atoms with van der Waals surface area (Å²) in [5.41, 5.74) is 2.60. The number of esters is 1. The van der Waals surface area contributed by atoms with Crippen molar-refractivity contribution >= 4 is 35.1 Å². The molecule has 0 unspecified atom stereocenters. The molecule has 1 N–H and O–H groups in total. The van der Waals surface area contributed by atoms with Crippen molar-refractivity contribution in [1.82, 2.24) is 15.1 Å². The Bertz CT molecular complexity index is 1140. The third-order valence-electron chi connectivity index (χ3n) is 5.75. The summed E-state index contributed by atoms with van der Waals surface area (Å²) in [5, 5.41) is 7.94. The lowest BCUT2D eigenvalue weighted by Crippen LogP contribution is -2.35. The van der Waals surface area contributed by atoms with E-state index in [4.69, 9.17) is 27.9 Å². The Hall–Kier alpha value is -2.83. The molecule has 0 bridgehead atoms. The van der Waals surface area contributed by atoms with Crippen molar-refractivity contribution in [2.24, 2.45) is 0 Å². The first-order valence-electron chi connectivity index (χ1n) is 10.4. The van der Waals surface area contributed by atoms with Crippen LogP contribution in [0.25, 0.3) is 0 Å². The maximum Gasteiger partial charge on any atom is 0.343 e. The number of nitrogens with one attached hydrogen (secondary N) is 1. The third-order valence-corrected chi connectivity index (χ3v) is 6.50. The number of ether oxygens (including phenoxy) is 1. The summed E-state index contributed by atoms with van der Waals surface area (Å²) >= 11 is 12.6. The Morgan fingerprint density at radius 1 is 1.09 bits per heavy atom. The van der Waals surface area contributed by atoms with Crippen LogP contribution in [0.3, 0.4) is 0 Å². The summed E-state index contributed by atoms with van der Waals surface area (Å²) in [7, 11) is 0. The van der Waals surface area contributed by atoms with Crippen LogP contribution in [0.4, 0.5) is 0 Å². The molecule has 1 aliphatic carbocycles. The van der Waals surface area contributed by atoms with E-state index in [9.17, 15) is 9.59 Å². The number of nitrogens with zero attached hydrogens (tertiary/aromatic N) is 2. The van der Waals surface area contributed by atoms with Crippen molar-refractivity contribution in [2.75, 3.05) is 13.2 Å². The summed E-state index contributed by atoms with van der Waals surface area (Å²) in [5.74, 6) is -1.03. The molecule has 1 amide bonds. The molecule has 1 fully saturated rings. The summed E-state index contributed by atoms with van der Waals surface area (Å²) in [6.07, 6.45) is 2.05. The second-order valence-corrected chi connectivity index (χ2v) is 8.76. The van der Waals surface area contributed by atoms with Crippen molar-refractivity contribution in [3.05, 3.63) is 87.2 Å². The topological polar surface area (TPSA) is 73.2 Å². The van der Waals surface area contributed by atoms with Gasteiger partial charge in [0.25, 0.3) is 5.91 Å². The van der Waals surface area contributed by atoms with Crippen LogP contribution in [-0.4, -0.2) is 34.8 Å². The highest BCUT2D eigenvalue weighted by Crippen LogP contribution is 2.47. The van der Waals surface area contributed by atoms with Crippen LogP contribution in [0.5, 0.6) is 0 Å². The van der Waals surface area contributed by atoms with Crippen molar-refractivity contribution in [1.29, 1.82) is 0 Å². The number of carbonyl (C=O) groups is 2. The zero-order valence-electron chi connectivity index (χ0n) is 17.6. The first kappa shape index (κ1) is 22.4. The summed E-state index contributed by atoms with van der Waals surface area (Å²) < 4.78 is 6.71. The number of rotatable bonds is 8. The number of hydrogen-bond donors (Lipinski definition) is 1. The lowest BCUT2D eigenvalue weighted by atomic mass is 9.96. The minimum Gasteiger partial charge on any atom is -0.452 e. The van der Waals surface area contributed by atoms with Gasteiger partial charge in [-0.1, -0.05) is 71.7 Å².